The third kappa shape index (κ3) is 29.7. The lowest BCUT2D eigenvalue weighted by Gasteiger charge is -2.28. The number of carbonyl (C=O) groups is 4. The normalized spacial score (nSPS) is 13.2. The Bertz CT molecular complexity index is 6850. The van der Waals surface area contributed by atoms with E-state index >= 15 is 0 Å². The second-order valence-corrected chi connectivity index (χ2v) is 47.5. The molecule has 5 aromatic heterocycles. The number of nitrogens with zero attached hydrogens (tertiary/aromatic N) is 6. The summed E-state index contributed by atoms with van der Waals surface area (Å²) in [5, 5.41) is 13.8. The van der Waals surface area contributed by atoms with Gasteiger partial charge in [0, 0.05) is 115 Å². The van der Waals surface area contributed by atoms with E-state index in [-0.39, 0.29) is 58.6 Å². The Morgan fingerprint density at radius 3 is 1.13 bits per heavy atom. The van der Waals surface area contributed by atoms with Gasteiger partial charge in [0.05, 0.1) is 31.6 Å². The highest BCUT2D eigenvalue weighted by Crippen LogP contribution is 2.43. The third-order valence-corrected chi connectivity index (χ3v) is 36.8. The molecule has 0 aliphatic carbocycles. The molecule has 29 nitrogen and oxygen atoms in total. The summed E-state index contributed by atoms with van der Waals surface area (Å²) in [4.78, 5) is 57.6. The lowest BCUT2D eigenvalue weighted by Crippen LogP contribution is -2.33. The zero-order valence-corrected chi connectivity index (χ0v) is 92.3. The molecule has 766 valence electrons. The second kappa shape index (κ2) is 53.4. The van der Waals surface area contributed by atoms with Crippen LogP contribution in [-0.2, 0) is 68.1 Å². The smallest absolute Gasteiger partial charge is 0.349 e. The highest BCUT2D eigenvalue weighted by atomic mass is 35.7. The van der Waals surface area contributed by atoms with Crippen molar-refractivity contribution in [2.75, 3.05) is 150 Å². The molecule has 1 amide bonds. The number of esters is 2. The van der Waals surface area contributed by atoms with Crippen molar-refractivity contribution < 1.29 is 80.2 Å². The Balaban J connectivity index is 0.000000193. The number of methoxy groups -OCH3 is 4. The van der Waals surface area contributed by atoms with Crippen molar-refractivity contribution in [2.45, 2.75) is 159 Å². The maximum absolute atomic E-state index is 13.8. The number of nitrogens with one attached hydrogen (secondary N) is 4. The zero-order valence-electron chi connectivity index (χ0n) is 82.6. The van der Waals surface area contributed by atoms with E-state index in [1.54, 1.807) is 109 Å². The van der Waals surface area contributed by atoms with Crippen LogP contribution in [0.1, 0.15) is 166 Å². The van der Waals surface area contributed by atoms with Gasteiger partial charge in [-0.3, -0.25) is 19.0 Å². The quantitative estimate of drug-likeness (QED) is 0.0117. The van der Waals surface area contributed by atoms with Crippen molar-refractivity contribution in [2.24, 2.45) is 0 Å². The molecule has 1 atom stereocenters. The van der Waals surface area contributed by atoms with E-state index in [9.17, 15) is 61.3 Å². The van der Waals surface area contributed by atoms with Gasteiger partial charge in [0.15, 0.2) is 0 Å². The summed E-state index contributed by atoms with van der Waals surface area (Å²) in [6.45, 7) is 37.5. The molecular formula is C101H125Cl2N11O18S10. The number of nitrogen functional groups attached to an aromatic ring is 1. The molecule has 3 fully saturated rings. The first-order chi connectivity index (χ1) is 67.5. The van der Waals surface area contributed by atoms with Crippen molar-refractivity contribution in [3.8, 4) is 0 Å². The lowest BCUT2D eigenvalue weighted by atomic mass is 10.00. The summed E-state index contributed by atoms with van der Waals surface area (Å²) in [6, 6.07) is 48.2. The molecule has 3 aliphatic heterocycles. The van der Waals surface area contributed by atoms with Crippen LogP contribution in [0.2, 0.25) is 0 Å². The largest absolute Gasteiger partial charge is 0.465 e. The van der Waals surface area contributed by atoms with Crippen LogP contribution in [-0.4, -0.2) is 171 Å². The Hall–Kier alpha value is -10.5. The molecule has 12 aromatic rings. The number of hydrogen-bond acceptors (Lipinski definition) is 29. The van der Waals surface area contributed by atoms with Gasteiger partial charge < -0.3 is 54.9 Å². The summed E-state index contributed by atoms with van der Waals surface area (Å²) >= 11 is 11.0. The maximum atomic E-state index is 13.8. The van der Waals surface area contributed by atoms with Crippen LogP contribution in [0.3, 0.4) is 0 Å². The molecular weight excluding hydrogens is 2050 g/mol. The predicted octanol–water partition coefficient (Wildman–Crippen LogP) is 22.4. The number of thiophene rings is 5. The summed E-state index contributed by atoms with van der Waals surface area (Å²) in [7, 11) is -8.95. The number of anilines is 10. The summed E-state index contributed by atoms with van der Waals surface area (Å²) < 4.78 is 152. The maximum Gasteiger partial charge on any atom is 0.349 e. The van der Waals surface area contributed by atoms with Gasteiger partial charge in [0.2, 0.25) is 0 Å². The van der Waals surface area contributed by atoms with Crippen LogP contribution >= 0.6 is 79.0 Å². The van der Waals surface area contributed by atoms with Gasteiger partial charge in [0.25, 0.3) is 60.3 Å². The van der Waals surface area contributed by atoms with E-state index in [1.807, 2.05) is 50.4 Å². The average Bonchev–Trinajstić information content (AvgIpc) is 1.59. The van der Waals surface area contributed by atoms with Gasteiger partial charge in [-0.1, -0.05) is 112 Å². The minimum absolute atomic E-state index is 0.00231. The van der Waals surface area contributed by atoms with Crippen molar-refractivity contribution in [3.63, 3.8) is 0 Å². The topological polar surface area (TPSA) is 369 Å². The number of benzene rings is 7. The molecule has 0 bridgehead atoms. The van der Waals surface area contributed by atoms with Crippen molar-refractivity contribution in [1.82, 2.24) is 4.90 Å². The first-order valence-electron chi connectivity index (χ1n) is 45.6. The molecule has 41 heteroatoms. The van der Waals surface area contributed by atoms with Crippen LogP contribution in [0.5, 0.6) is 0 Å². The lowest BCUT2D eigenvalue weighted by molar-refractivity contribution is 0.0593. The summed E-state index contributed by atoms with van der Waals surface area (Å²) in [5.74, 6) is -1.78. The van der Waals surface area contributed by atoms with Gasteiger partial charge in [-0.2, -0.15) is 0 Å². The van der Waals surface area contributed by atoms with E-state index in [0.717, 1.165) is 115 Å². The number of halogens is 2. The van der Waals surface area contributed by atoms with E-state index in [1.165, 1.54) is 206 Å². The molecule has 142 heavy (non-hydrogen) atoms. The van der Waals surface area contributed by atoms with Crippen LogP contribution in [0.25, 0.3) is 0 Å². The Kier molecular flexibility index (Phi) is 43.3. The molecule has 7 aromatic carbocycles. The zero-order chi connectivity index (χ0) is 104. The molecule has 3 aliphatic rings. The molecule has 0 saturated carbocycles. The summed E-state index contributed by atoms with van der Waals surface area (Å²) in [6.07, 6.45) is 7.40. The number of hydrogen-bond donors (Lipinski definition) is 5. The Morgan fingerprint density at radius 2 is 0.746 bits per heavy atom. The van der Waals surface area contributed by atoms with E-state index in [0.29, 0.717) is 27.6 Å². The van der Waals surface area contributed by atoms with Crippen molar-refractivity contribution in [3.05, 3.63) is 271 Å². The highest BCUT2D eigenvalue weighted by molar-refractivity contribution is 8.14. The van der Waals surface area contributed by atoms with Gasteiger partial charge in [-0.15, -0.1) is 56.7 Å². The molecule has 15 rings (SSSR count). The highest BCUT2D eigenvalue weighted by Gasteiger charge is 2.35. The molecule has 1 unspecified atom stereocenters. The second-order valence-electron chi connectivity index (χ2n) is 33.1. The Labute approximate surface area is 865 Å². The van der Waals surface area contributed by atoms with Crippen LogP contribution in [0, 0.1) is 62.3 Å². The molecule has 8 heterocycles. The summed E-state index contributed by atoms with van der Waals surface area (Å²) in [5.41, 5.74) is 25.3. The minimum Gasteiger partial charge on any atom is -0.465 e. The molecule has 6 N–H and O–H groups in total. The average molecular weight is 2170 g/mol. The fraction of sp³-hybridized carbons (Fsp3) is 0.347. The van der Waals surface area contributed by atoms with Gasteiger partial charge in [-0.05, 0) is 295 Å². The van der Waals surface area contributed by atoms with Crippen LogP contribution in [0.4, 0.5) is 56.9 Å². The number of nitrogens with two attached hydrogens (primary N) is 1. The number of sulfonamides is 4. The monoisotopic (exact) mass is 2170 g/mol. The molecule has 0 spiro atoms. The number of rotatable bonds is 31. The number of aryl methyl sites for hydroxylation is 6. The number of carbonyl (C=O) groups excluding carboxylic acids is 4. The van der Waals surface area contributed by atoms with Gasteiger partial charge in [0.1, 0.15) is 57.4 Å². The number of ether oxygens (including phenoxy) is 4. The fourth-order valence-electron chi connectivity index (χ4n) is 16.7. The first kappa shape index (κ1) is 115. The number of para-hydroxylation sites is 4. The number of amides is 1. The molecule has 3 saturated heterocycles. The van der Waals surface area contributed by atoms with E-state index in [4.69, 9.17) is 37.5 Å². The standard InChI is InChI=1S/C27H35N3O3S2.C24H27N3O3S2.C13H12ClNO4S2.C13H20N2.C12H11NO4S2.C6H5ClO4S2.C6H15N/c1-19-17-20(2)26(29-14-9-10-15-29)21(3)25(19)28-22(4)27-24(13-16-34-27)35(31,32)30(18-33-5)23-11-7-6-8-12-23;1-16-15-17(2)22(27-12-7-8-13-27)18(3)21(16)25-24(28)23-20(11-14-31-23)32(29,30)26-19-9-5-4-6-10-19;1-19-9-15(10-5-3-2-4-6-10)21(17,18)11-7-8-20-12(11)13(14)16;1-9-8-10(2)13(11(3)12(9)14)15-6-4-5-7-15;1-17-12(14)11-10(7-8-18-11)19(15,16)13-9-5-3-2-4-6-9;1-11-6(8)5-4(2-3-12-5)13(7,9)10;1-4-7(5-2)6-3/h6-8,11-13,16-17,22,28H,9-10,14-15,18H2,1-5H3;4-6,9-11,14-15,26H,7-8,12-13H2,1-3H3,(H,25,28);2-8H,9H2,1H3;8H,4-7,14H2,1-3H3;2-8,13H,1H3;2-3H,1H3;4-6H2,1-3H3. The van der Waals surface area contributed by atoms with Crippen molar-refractivity contribution in [1.29, 1.82) is 0 Å². The van der Waals surface area contributed by atoms with Gasteiger partial charge in [-0.25, -0.2) is 60.3 Å². The van der Waals surface area contributed by atoms with Gasteiger partial charge >= 0.3 is 11.9 Å². The first-order valence-corrected chi connectivity index (χ1v) is 58.5. The van der Waals surface area contributed by atoms with E-state index < -0.39 is 72.2 Å². The minimum atomic E-state index is -3.94. The predicted molar refractivity (Wildman–Crippen MR) is 582 cm³/mol. The molecule has 0 radical (unpaired) electrons. The third-order valence-electron chi connectivity index (χ3n) is 23.4. The van der Waals surface area contributed by atoms with Crippen LogP contribution < -0.4 is 49.1 Å². The SMILES string of the molecule is CCN(CC)CC.COC(=O)c1sccc1S(=O)(=O)Cl.COC(=O)c1sccc1S(=O)(=O)Nc1ccccc1.COCN(c1ccccc1)S(=O)(=O)c1ccsc1C(=O)Cl.COCN(c1ccccc1)S(=O)(=O)c1ccsc1C(C)Nc1c(C)cc(C)c(N2CCCC2)c1C.Cc1cc(C)c(N2CCCC2)c(C)c1N.Cc1cc(C)c(N2CCCC2)c(C)c1NC(=O)c1sccc1S(=O)(=O)Nc1ccccc1. The Morgan fingerprint density at radius 1 is 0.415 bits per heavy atom. The fourth-order valence-corrected chi connectivity index (χ4v) is 29.6. The van der Waals surface area contributed by atoms with E-state index in [2.05, 4.69) is 137 Å². The van der Waals surface area contributed by atoms with Crippen molar-refractivity contribution >= 4 is 208 Å². The van der Waals surface area contributed by atoms with Crippen LogP contribution in [0.15, 0.2) is 221 Å².